The summed E-state index contributed by atoms with van der Waals surface area (Å²) in [6, 6.07) is 5.20. The van der Waals surface area contributed by atoms with E-state index in [1.807, 2.05) is 0 Å². The molecule has 0 radical (unpaired) electrons. The van der Waals surface area contributed by atoms with Crippen LogP contribution in [-0.2, 0) is 11.3 Å². The maximum absolute atomic E-state index is 11.7. The average molecular weight is 228 g/mol. The zero-order valence-corrected chi connectivity index (χ0v) is 9.60. The van der Waals surface area contributed by atoms with E-state index in [1.165, 1.54) is 0 Å². The lowest BCUT2D eigenvalue weighted by atomic mass is 10.0. The molecular formula is C11H14ClNO2. The van der Waals surface area contributed by atoms with Gasteiger partial charge < -0.3 is 10.1 Å². The molecule has 0 aliphatic heterocycles. The molecule has 1 aromatic carbocycles. The third-order valence-corrected chi connectivity index (χ3v) is 2.24. The normalized spacial score (nSPS) is 10.3. The minimum absolute atomic E-state index is 0.0428. The van der Waals surface area contributed by atoms with Gasteiger partial charge in [-0.05, 0) is 30.8 Å². The van der Waals surface area contributed by atoms with Crippen LogP contribution in [0.15, 0.2) is 18.2 Å². The third kappa shape index (κ3) is 3.30. The summed E-state index contributed by atoms with van der Waals surface area (Å²) in [5.74, 6) is 0.0428. The SMILES string of the molecule is CNCC(=O)c1ccc(Cl)cc1COC. The van der Waals surface area contributed by atoms with Gasteiger partial charge in [0.15, 0.2) is 5.78 Å². The molecule has 0 fully saturated rings. The summed E-state index contributed by atoms with van der Waals surface area (Å²) in [6.07, 6.45) is 0. The number of hydrogen-bond acceptors (Lipinski definition) is 3. The number of ether oxygens (including phenoxy) is 1. The summed E-state index contributed by atoms with van der Waals surface area (Å²) in [5.41, 5.74) is 1.49. The average Bonchev–Trinajstić information content (AvgIpc) is 2.18. The van der Waals surface area contributed by atoms with E-state index in [0.717, 1.165) is 5.56 Å². The Morgan fingerprint density at radius 3 is 2.87 bits per heavy atom. The first-order valence-electron chi connectivity index (χ1n) is 4.64. The lowest BCUT2D eigenvalue weighted by Crippen LogP contribution is -2.19. The fourth-order valence-corrected chi connectivity index (χ4v) is 1.56. The summed E-state index contributed by atoms with van der Waals surface area (Å²) in [5, 5.41) is 3.44. The van der Waals surface area contributed by atoms with Crippen molar-refractivity contribution in [1.29, 1.82) is 0 Å². The number of carbonyl (C=O) groups is 1. The molecular weight excluding hydrogens is 214 g/mol. The molecule has 0 spiro atoms. The fraction of sp³-hybridized carbons (Fsp3) is 0.364. The fourth-order valence-electron chi connectivity index (χ4n) is 1.37. The van der Waals surface area contributed by atoms with Crippen LogP contribution < -0.4 is 5.32 Å². The van der Waals surface area contributed by atoms with E-state index in [9.17, 15) is 4.79 Å². The third-order valence-electron chi connectivity index (χ3n) is 2.00. The van der Waals surface area contributed by atoms with Gasteiger partial charge in [-0.25, -0.2) is 0 Å². The second-order valence-electron chi connectivity index (χ2n) is 3.19. The van der Waals surface area contributed by atoms with Crippen molar-refractivity contribution in [2.75, 3.05) is 20.7 Å². The number of methoxy groups -OCH3 is 1. The van der Waals surface area contributed by atoms with Crippen molar-refractivity contribution in [1.82, 2.24) is 5.32 Å². The van der Waals surface area contributed by atoms with Crippen molar-refractivity contribution in [2.24, 2.45) is 0 Å². The number of ketones is 1. The highest BCUT2D eigenvalue weighted by Crippen LogP contribution is 2.17. The minimum Gasteiger partial charge on any atom is -0.380 e. The van der Waals surface area contributed by atoms with Gasteiger partial charge >= 0.3 is 0 Å². The molecule has 0 aromatic heterocycles. The molecule has 0 saturated heterocycles. The molecule has 3 nitrogen and oxygen atoms in total. The number of rotatable bonds is 5. The highest BCUT2D eigenvalue weighted by atomic mass is 35.5. The Labute approximate surface area is 94.4 Å². The molecule has 0 unspecified atom stereocenters. The van der Waals surface area contributed by atoms with Gasteiger partial charge in [0.25, 0.3) is 0 Å². The minimum atomic E-state index is 0.0428. The van der Waals surface area contributed by atoms with Gasteiger partial charge in [-0.2, -0.15) is 0 Å². The maximum atomic E-state index is 11.7. The molecule has 1 rings (SSSR count). The number of halogens is 1. The predicted molar refractivity (Wildman–Crippen MR) is 60.4 cm³/mol. The van der Waals surface area contributed by atoms with Gasteiger partial charge in [0.05, 0.1) is 13.2 Å². The van der Waals surface area contributed by atoms with Crippen LogP contribution in [0.2, 0.25) is 5.02 Å². The second-order valence-corrected chi connectivity index (χ2v) is 3.62. The first-order chi connectivity index (χ1) is 7.19. The summed E-state index contributed by atoms with van der Waals surface area (Å²) < 4.78 is 5.02. The van der Waals surface area contributed by atoms with Crippen molar-refractivity contribution >= 4 is 17.4 Å². The Hall–Kier alpha value is -0.900. The first-order valence-corrected chi connectivity index (χ1v) is 5.02. The van der Waals surface area contributed by atoms with Gasteiger partial charge in [-0.15, -0.1) is 0 Å². The number of hydrogen-bond donors (Lipinski definition) is 1. The van der Waals surface area contributed by atoms with Crippen LogP contribution in [0, 0.1) is 0 Å². The van der Waals surface area contributed by atoms with Gasteiger partial charge in [0.1, 0.15) is 0 Å². The van der Waals surface area contributed by atoms with Gasteiger partial charge in [0.2, 0.25) is 0 Å². The van der Waals surface area contributed by atoms with Gasteiger partial charge in [0, 0.05) is 17.7 Å². The van der Waals surface area contributed by atoms with Crippen LogP contribution in [0.4, 0.5) is 0 Å². The number of Topliss-reactive ketones (excluding diaryl/α,β-unsaturated/α-hetero) is 1. The van der Waals surface area contributed by atoms with Crippen LogP contribution in [-0.4, -0.2) is 26.5 Å². The van der Waals surface area contributed by atoms with Crippen LogP contribution in [0.25, 0.3) is 0 Å². The number of benzene rings is 1. The van der Waals surface area contributed by atoms with Crippen molar-refractivity contribution in [3.63, 3.8) is 0 Å². The standard InChI is InChI=1S/C11H14ClNO2/c1-13-6-11(14)10-4-3-9(12)5-8(10)7-15-2/h3-5,13H,6-7H2,1-2H3. The van der Waals surface area contributed by atoms with E-state index >= 15 is 0 Å². The second kappa shape index (κ2) is 5.85. The Morgan fingerprint density at radius 2 is 2.27 bits per heavy atom. The van der Waals surface area contributed by atoms with E-state index in [-0.39, 0.29) is 5.78 Å². The van der Waals surface area contributed by atoms with Crippen LogP contribution in [0.5, 0.6) is 0 Å². The Morgan fingerprint density at radius 1 is 1.53 bits per heavy atom. The molecule has 0 bridgehead atoms. The highest BCUT2D eigenvalue weighted by molar-refractivity contribution is 6.30. The Kier molecular flexibility index (Phi) is 4.75. The van der Waals surface area contributed by atoms with E-state index in [2.05, 4.69) is 5.32 Å². The zero-order chi connectivity index (χ0) is 11.3. The quantitative estimate of drug-likeness (QED) is 0.781. The van der Waals surface area contributed by atoms with Gasteiger partial charge in [-0.3, -0.25) is 4.79 Å². The Bertz CT molecular complexity index is 352. The number of likely N-dealkylation sites (N-methyl/N-ethyl adjacent to an activating group) is 1. The first kappa shape index (κ1) is 12.2. The van der Waals surface area contributed by atoms with Crippen molar-refractivity contribution < 1.29 is 9.53 Å². The summed E-state index contributed by atoms with van der Waals surface area (Å²) in [6.45, 7) is 0.712. The van der Waals surface area contributed by atoms with Crippen LogP contribution in [0.3, 0.4) is 0 Å². The molecule has 0 amide bonds. The topological polar surface area (TPSA) is 38.3 Å². The molecule has 82 valence electrons. The molecule has 0 atom stereocenters. The largest absolute Gasteiger partial charge is 0.380 e. The molecule has 15 heavy (non-hydrogen) atoms. The van der Waals surface area contributed by atoms with E-state index in [4.69, 9.17) is 16.3 Å². The number of carbonyl (C=O) groups excluding carboxylic acids is 1. The molecule has 1 N–H and O–H groups in total. The lowest BCUT2D eigenvalue weighted by molar-refractivity contribution is 0.0988. The monoisotopic (exact) mass is 227 g/mol. The maximum Gasteiger partial charge on any atom is 0.176 e. The van der Waals surface area contributed by atoms with Crippen molar-refractivity contribution in [2.45, 2.75) is 6.61 Å². The van der Waals surface area contributed by atoms with E-state index < -0.39 is 0 Å². The molecule has 0 heterocycles. The van der Waals surface area contributed by atoms with E-state index in [0.29, 0.717) is 23.7 Å². The van der Waals surface area contributed by atoms with Gasteiger partial charge in [-0.1, -0.05) is 11.6 Å². The smallest absolute Gasteiger partial charge is 0.176 e. The highest BCUT2D eigenvalue weighted by Gasteiger charge is 2.10. The summed E-state index contributed by atoms with van der Waals surface area (Å²) in [4.78, 5) is 11.7. The van der Waals surface area contributed by atoms with Crippen LogP contribution in [0.1, 0.15) is 15.9 Å². The molecule has 1 aromatic rings. The van der Waals surface area contributed by atoms with Crippen molar-refractivity contribution in [3.8, 4) is 0 Å². The summed E-state index contributed by atoms with van der Waals surface area (Å²) in [7, 11) is 3.33. The summed E-state index contributed by atoms with van der Waals surface area (Å²) >= 11 is 5.85. The molecule has 4 heteroatoms. The molecule has 0 aliphatic carbocycles. The predicted octanol–water partition coefficient (Wildman–Crippen LogP) is 1.89. The lowest BCUT2D eigenvalue weighted by Gasteiger charge is -2.08. The number of nitrogens with one attached hydrogen (secondary N) is 1. The van der Waals surface area contributed by atoms with E-state index in [1.54, 1.807) is 32.4 Å². The van der Waals surface area contributed by atoms with Crippen LogP contribution >= 0.6 is 11.6 Å². The molecule has 0 saturated carbocycles. The van der Waals surface area contributed by atoms with Crippen molar-refractivity contribution in [3.05, 3.63) is 34.3 Å². The Balaban J connectivity index is 2.99. The zero-order valence-electron chi connectivity index (χ0n) is 8.84. The molecule has 0 aliphatic rings.